The molecule has 0 unspecified atom stereocenters. The van der Waals surface area contributed by atoms with Crippen LogP contribution < -0.4 is 15.0 Å². The van der Waals surface area contributed by atoms with Gasteiger partial charge in [-0.25, -0.2) is 9.37 Å². The highest BCUT2D eigenvalue weighted by molar-refractivity contribution is 5.96. The topological polar surface area (TPSA) is 87.6 Å². The number of carbonyl (C=O) groups excluding carboxylic acids is 1. The summed E-state index contributed by atoms with van der Waals surface area (Å²) >= 11 is 0. The van der Waals surface area contributed by atoms with Crippen LogP contribution in [0.2, 0.25) is 0 Å². The Balaban J connectivity index is 1.62. The minimum Gasteiger partial charge on any atom is -0.472 e. The van der Waals surface area contributed by atoms with E-state index in [-0.39, 0.29) is 37.0 Å². The highest BCUT2D eigenvalue weighted by Gasteiger charge is 2.24. The molecule has 2 heterocycles. The summed E-state index contributed by atoms with van der Waals surface area (Å²) in [6.45, 7) is 0.777. The van der Waals surface area contributed by atoms with E-state index in [9.17, 15) is 9.18 Å². The summed E-state index contributed by atoms with van der Waals surface area (Å²) in [5.74, 6) is -0.205. The number of benzene rings is 2. The average molecular weight is 408 g/mol. The van der Waals surface area contributed by atoms with E-state index in [2.05, 4.69) is 21.4 Å². The summed E-state index contributed by atoms with van der Waals surface area (Å²) in [4.78, 5) is 23.3. The van der Waals surface area contributed by atoms with Crippen molar-refractivity contribution in [1.82, 2.24) is 15.3 Å². The van der Waals surface area contributed by atoms with Crippen LogP contribution in [0.1, 0.15) is 21.5 Å². The number of fused-ring (bicyclic) bond motifs is 1. The van der Waals surface area contributed by atoms with Gasteiger partial charge in [0.05, 0.1) is 6.61 Å². The lowest BCUT2D eigenvalue weighted by atomic mass is 10.2. The van der Waals surface area contributed by atoms with Crippen molar-refractivity contribution >= 4 is 17.5 Å². The number of rotatable bonds is 7. The van der Waals surface area contributed by atoms with Gasteiger partial charge in [0.1, 0.15) is 18.0 Å². The lowest BCUT2D eigenvalue weighted by Gasteiger charge is -2.19. The fourth-order valence-electron chi connectivity index (χ4n) is 3.30. The third kappa shape index (κ3) is 4.23. The quantitative estimate of drug-likeness (QED) is 0.625. The molecule has 0 saturated carbocycles. The number of aromatic nitrogens is 2. The third-order valence-corrected chi connectivity index (χ3v) is 4.80. The van der Waals surface area contributed by atoms with Gasteiger partial charge >= 0.3 is 0 Å². The molecule has 30 heavy (non-hydrogen) atoms. The molecule has 3 aromatic rings. The maximum atomic E-state index is 13.1. The number of hydrogen-bond donors (Lipinski definition) is 2. The Hall–Kier alpha value is -3.52. The molecule has 1 aliphatic rings. The van der Waals surface area contributed by atoms with Crippen molar-refractivity contribution in [2.45, 2.75) is 13.0 Å². The zero-order valence-electron chi connectivity index (χ0n) is 16.2. The van der Waals surface area contributed by atoms with Gasteiger partial charge in [-0.05, 0) is 35.7 Å². The van der Waals surface area contributed by atoms with Gasteiger partial charge in [-0.2, -0.15) is 4.98 Å². The molecule has 0 saturated heterocycles. The number of ether oxygens (including phenoxy) is 1. The van der Waals surface area contributed by atoms with E-state index in [4.69, 9.17) is 9.84 Å². The summed E-state index contributed by atoms with van der Waals surface area (Å²) in [7, 11) is 0. The lowest BCUT2D eigenvalue weighted by Crippen LogP contribution is -2.28. The van der Waals surface area contributed by atoms with E-state index in [0.717, 1.165) is 24.2 Å². The van der Waals surface area contributed by atoms with Crippen LogP contribution >= 0.6 is 0 Å². The van der Waals surface area contributed by atoms with Crippen molar-refractivity contribution < 1.29 is 19.0 Å². The van der Waals surface area contributed by atoms with Gasteiger partial charge in [0.25, 0.3) is 5.91 Å². The van der Waals surface area contributed by atoms with Gasteiger partial charge in [-0.15, -0.1) is 0 Å². The van der Waals surface area contributed by atoms with E-state index in [0.29, 0.717) is 5.95 Å². The van der Waals surface area contributed by atoms with Crippen molar-refractivity contribution in [2.24, 2.45) is 0 Å². The Morgan fingerprint density at radius 1 is 1.20 bits per heavy atom. The largest absolute Gasteiger partial charge is 0.472 e. The zero-order chi connectivity index (χ0) is 20.9. The molecule has 0 fully saturated rings. The second-order valence-electron chi connectivity index (χ2n) is 6.81. The first-order valence-corrected chi connectivity index (χ1v) is 9.64. The van der Waals surface area contributed by atoms with Gasteiger partial charge in [-0.1, -0.05) is 30.3 Å². The van der Waals surface area contributed by atoms with Gasteiger partial charge in [0.2, 0.25) is 11.8 Å². The Labute approximate surface area is 173 Å². The highest BCUT2D eigenvalue weighted by Crippen LogP contribution is 2.33. The third-order valence-electron chi connectivity index (χ3n) is 4.80. The molecular weight excluding hydrogens is 387 g/mol. The van der Waals surface area contributed by atoms with Crippen molar-refractivity contribution in [1.29, 1.82) is 0 Å². The number of aliphatic hydroxyl groups is 1. The molecule has 0 atom stereocenters. The lowest BCUT2D eigenvalue weighted by molar-refractivity contribution is 0.0938. The molecule has 7 nitrogen and oxygen atoms in total. The predicted molar refractivity (Wildman–Crippen MR) is 109 cm³/mol. The highest BCUT2D eigenvalue weighted by atomic mass is 19.1. The normalized spacial score (nSPS) is 12.5. The first-order valence-electron chi connectivity index (χ1n) is 9.64. The maximum Gasteiger partial charge on any atom is 0.258 e. The maximum absolute atomic E-state index is 13.1. The molecule has 0 spiro atoms. The van der Waals surface area contributed by atoms with Crippen LogP contribution in [0.5, 0.6) is 5.88 Å². The molecular formula is C22H21FN4O3. The minimum absolute atomic E-state index is 0.109. The van der Waals surface area contributed by atoms with Crippen molar-refractivity contribution in [3.63, 3.8) is 0 Å². The first kappa shape index (κ1) is 19.8. The number of halogens is 1. The molecule has 2 aromatic carbocycles. The molecule has 1 aromatic heterocycles. The van der Waals surface area contributed by atoms with E-state index >= 15 is 0 Å². The number of nitrogens with one attached hydrogen (secondary N) is 1. The molecule has 0 aliphatic carbocycles. The van der Waals surface area contributed by atoms with Crippen molar-refractivity contribution in [3.05, 3.63) is 77.2 Å². The van der Waals surface area contributed by atoms with E-state index in [1.54, 1.807) is 12.1 Å². The fourth-order valence-corrected chi connectivity index (χ4v) is 3.30. The zero-order valence-corrected chi connectivity index (χ0v) is 16.2. The van der Waals surface area contributed by atoms with E-state index < -0.39 is 5.91 Å². The SMILES string of the molecule is O=C(NCCO)c1cnc(N2CCc3ccccc32)nc1OCc1ccc(F)cc1. The van der Waals surface area contributed by atoms with Gasteiger partial charge < -0.3 is 20.1 Å². The Morgan fingerprint density at radius 2 is 2.00 bits per heavy atom. The number of amides is 1. The fraction of sp³-hybridized carbons (Fsp3) is 0.227. The number of anilines is 2. The summed E-state index contributed by atoms with van der Waals surface area (Å²) in [5, 5.41) is 11.6. The van der Waals surface area contributed by atoms with Gasteiger partial charge in [0.15, 0.2) is 0 Å². The number of para-hydroxylation sites is 1. The Kier molecular flexibility index (Phi) is 5.85. The summed E-state index contributed by atoms with van der Waals surface area (Å²) in [5.41, 5.74) is 3.14. The molecule has 8 heteroatoms. The Bertz CT molecular complexity index is 1040. The second kappa shape index (κ2) is 8.87. The number of carbonyl (C=O) groups is 1. The van der Waals surface area contributed by atoms with Crippen LogP contribution in [-0.2, 0) is 13.0 Å². The minimum atomic E-state index is -0.438. The average Bonchev–Trinajstić information content (AvgIpc) is 3.21. The molecule has 1 aliphatic heterocycles. The number of aliphatic hydroxyl groups excluding tert-OH is 1. The van der Waals surface area contributed by atoms with Crippen LogP contribution in [0, 0.1) is 5.82 Å². The monoisotopic (exact) mass is 408 g/mol. The standard InChI is InChI=1S/C22H21FN4O3/c23-17-7-5-15(6-8-17)14-30-21-18(20(29)24-10-12-28)13-25-22(26-21)27-11-9-16-3-1-2-4-19(16)27/h1-8,13,28H,9-12,14H2,(H,24,29). The Morgan fingerprint density at radius 3 is 2.80 bits per heavy atom. The molecule has 2 N–H and O–H groups in total. The summed E-state index contributed by atoms with van der Waals surface area (Å²) < 4.78 is 19.0. The van der Waals surface area contributed by atoms with Crippen LogP contribution in [0.25, 0.3) is 0 Å². The van der Waals surface area contributed by atoms with Crippen LogP contribution in [0.15, 0.2) is 54.7 Å². The molecule has 4 rings (SSSR count). The van der Waals surface area contributed by atoms with Gasteiger partial charge in [0, 0.05) is 25.0 Å². The molecule has 0 radical (unpaired) electrons. The molecule has 1 amide bonds. The molecule has 154 valence electrons. The first-order chi connectivity index (χ1) is 14.7. The number of hydrogen-bond acceptors (Lipinski definition) is 6. The van der Waals surface area contributed by atoms with E-state index in [1.807, 2.05) is 23.1 Å². The second-order valence-corrected chi connectivity index (χ2v) is 6.81. The van der Waals surface area contributed by atoms with E-state index in [1.165, 1.54) is 23.9 Å². The smallest absolute Gasteiger partial charge is 0.258 e. The summed E-state index contributed by atoms with van der Waals surface area (Å²) in [6, 6.07) is 13.9. The molecule has 0 bridgehead atoms. The predicted octanol–water partition coefficient (Wildman–Crippen LogP) is 2.61. The van der Waals surface area contributed by atoms with Crippen molar-refractivity contribution in [3.8, 4) is 5.88 Å². The van der Waals surface area contributed by atoms with Crippen LogP contribution in [0.4, 0.5) is 16.0 Å². The van der Waals surface area contributed by atoms with Gasteiger partial charge in [-0.3, -0.25) is 4.79 Å². The number of nitrogens with zero attached hydrogens (tertiary/aromatic N) is 3. The van der Waals surface area contributed by atoms with Crippen LogP contribution in [0.3, 0.4) is 0 Å². The summed E-state index contributed by atoms with van der Waals surface area (Å²) in [6.07, 6.45) is 2.31. The van der Waals surface area contributed by atoms with Crippen molar-refractivity contribution in [2.75, 3.05) is 24.6 Å². The van der Waals surface area contributed by atoms with Crippen LogP contribution in [-0.4, -0.2) is 40.7 Å².